The van der Waals surface area contributed by atoms with E-state index in [0.717, 1.165) is 34.1 Å². The van der Waals surface area contributed by atoms with Crippen LogP contribution in [0, 0.1) is 0 Å². The number of hydrogen-bond donors (Lipinski definition) is 10. The highest BCUT2D eigenvalue weighted by atomic mass is 32.2. The first-order valence-electron chi connectivity index (χ1n) is 19.2. The van der Waals surface area contributed by atoms with Gasteiger partial charge in [-0.1, -0.05) is 60.7 Å². The Morgan fingerprint density at radius 1 is 0.441 bits per heavy atom. The molecule has 0 aliphatic carbocycles. The van der Waals surface area contributed by atoms with E-state index in [1.54, 1.807) is 60.7 Å². The highest BCUT2D eigenvalue weighted by Gasteiger charge is 2.23. The fourth-order valence-corrected chi connectivity index (χ4v) is 7.39. The molecule has 0 fully saturated rings. The molecule has 0 aliphatic heterocycles. The minimum absolute atomic E-state index is 0.0627. The normalized spacial score (nSPS) is 11.4. The van der Waals surface area contributed by atoms with Crippen LogP contribution < -0.4 is 31.1 Å². The third-order valence-electron chi connectivity index (χ3n) is 8.71. The van der Waals surface area contributed by atoms with Crippen LogP contribution in [0.15, 0.2) is 107 Å². The second-order valence-electron chi connectivity index (χ2n) is 13.9. The van der Waals surface area contributed by atoms with Crippen LogP contribution >= 0.6 is 0 Å². The number of benzene rings is 4. The number of carbonyl (C=O) groups is 4. The molecule has 0 saturated carbocycles. The van der Waals surface area contributed by atoms with Gasteiger partial charge in [-0.25, -0.2) is 0 Å². The summed E-state index contributed by atoms with van der Waals surface area (Å²) in [5.41, 5.74) is 0.451. The lowest BCUT2D eigenvalue weighted by molar-refractivity contribution is -0.138. The van der Waals surface area contributed by atoms with E-state index in [-0.39, 0.29) is 46.3 Å². The molecule has 26 nitrogen and oxygen atoms in total. The van der Waals surface area contributed by atoms with Gasteiger partial charge in [-0.2, -0.15) is 46.7 Å². The molecule has 0 atom stereocenters. The maximum atomic E-state index is 12.7. The molecule has 0 spiro atoms. The fraction of sp³-hybridized carbons (Fsp3) is 0.100. The summed E-state index contributed by atoms with van der Waals surface area (Å²) in [6.07, 6.45) is 2.23. The van der Waals surface area contributed by atoms with Crippen molar-refractivity contribution in [2.45, 2.75) is 9.79 Å². The van der Waals surface area contributed by atoms with Gasteiger partial charge in [-0.15, -0.1) is 0 Å². The maximum Gasteiger partial charge on any atom is 0.323 e. The molecule has 10 N–H and O–H groups in total. The third-order valence-corrected chi connectivity index (χ3v) is 10.5. The van der Waals surface area contributed by atoms with Crippen molar-refractivity contribution in [3.05, 3.63) is 108 Å². The monoisotopic (exact) mass is 972 g/mol. The Hall–Kier alpha value is -8.86. The summed E-state index contributed by atoms with van der Waals surface area (Å²) in [5.74, 6) is -7.38. The van der Waals surface area contributed by atoms with E-state index in [0.29, 0.717) is 11.4 Å². The van der Waals surface area contributed by atoms with Crippen LogP contribution in [0.5, 0.6) is 0 Å². The largest absolute Gasteiger partial charge is 0.480 e. The Labute approximate surface area is 384 Å². The molecule has 2 heterocycles. The summed E-state index contributed by atoms with van der Waals surface area (Å²) in [4.78, 5) is 71.7. The first kappa shape index (κ1) is 48.6. The molecule has 4 aromatic carbocycles. The minimum Gasteiger partial charge on any atom is -0.480 e. The van der Waals surface area contributed by atoms with Gasteiger partial charge in [-0.05, 0) is 59.7 Å². The number of nitrogens with zero attached hydrogens (tertiary/aromatic N) is 8. The topological polar surface area (TPSA) is 390 Å². The zero-order valence-electron chi connectivity index (χ0n) is 34.6. The second kappa shape index (κ2) is 21.0. The molecule has 0 aliphatic rings. The quantitative estimate of drug-likeness (QED) is 0.0343. The van der Waals surface area contributed by atoms with Gasteiger partial charge >= 0.3 is 23.9 Å². The van der Waals surface area contributed by atoms with Crippen molar-refractivity contribution in [3.8, 4) is 0 Å². The summed E-state index contributed by atoms with van der Waals surface area (Å²) in [6, 6.07) is 23.8. The highest BCUT2D eigenvalue weighted by Crippen LogP contribution is 2.29. The Morgan fingerprint density at radius 3 is 1.01 bits per heavy atom. The molecule has 6 rings (SSSR count). The predicted octanol–water partition coefficient (Wildman–Crippen LogP) is 3.65. The van der Waals surface area contributed by atoms with Crippen molar-refractivity contribution in [2.75, 3.05) is 57.2 Å². The van der Waals surface area contributed by atoms with Crippen LogP contribution in [0.1, 0.15) is 11.1 Å². The number of aliphatic carboxylic acids is 4. The van der Waals surface area contributed by atoms with Crippen molar-refractivity contribution in [1.29, 1.82) is 0 Å². The first-order valence-corrected chi connectivity index (χ1v) is 22.0. The zero-order valence-corrected chi connectivity index (χ0v) is 36.2. The Kier molecular flexibility index (Phi) is 15.0. The van der Waals surface area contributed by atoms with Gasteiger partial charge in [0.25, 0.3) is 20.2 Å². The van der Waals surface area contributed by atoms with Crippen molar-refractivity contribution in [1.82, 2.24) is 29.9 Å². The number of rotatable bonds is 22. The average molecular weight is 973 g/mol. The van der Waals surface area contributed by atoms with Crippen LogP contribution in [0.4, 0.5) is 58.4 Å². The predicted molar refractivity (Wildman–Crippen MR) is 242 cm³/mol. The smallest absolute Gasteiger partial charge is 0.323 e. The number of aromatic nitrogens is 6. The summed E-state index contributed by atoms with van der Waals surface area (Å²) in [7, 11) is -10.1. The molecule has 0 bridgehead atoms. The Bertz CT molecular complexity index is 2890. The third kappa shape index (κ3) is 13.8. The molecule has 0 saturated heterocycles. The average Bonchev–Trinajstić information content (AvgIpc) is 3.25. The van der Waals surface area contributed by atoms with E-state index < -0.39 is 92.0 Å². The molecular formula is C40H36N12O14S2. The lowest BCUT2D eigenvalue weighted by Crippen LogP contribution is -2.36. The van der Waals surface area contributed by atoms with Gasteiger partial charge in [0.05, 0.1) is 0 Å². The van der Waals surface area contributed by atoms with E-state index in [4.69, 9.17) is 0 Å². The molecule has 28 heteroatoms. The van der Waals surface area contributed by atoms with Crippen LogP contribution in [-0.2, 0) is 39.4 Å². The van der Waals surface area contributed by atoms with Crippen molar-refractivity contribution < 1.29 is 65.5 Å². The molecule has 352 valence electrons. The van der Waals surface area contributed by atoms with E-state index in [1.165, 1.54) is 24.3 Å². The van der Waals surface area contributed by atoms with Gasteiger partial charge in [0.1, 0.15) is 36.0 Å². The number of nitrogens with one attached hydrogen (secondary N) is 4. The number of para-hydroxylation sites is 2. The molecule has 68 heavy (non-hydrogen) atoms. The number of anilines is 10. The van der Waals surface area contributed by atoms with E-state index in [2.05, 4.69) is 51.2 Å². The van der Waals surface area contributed by atoms with Gasteiger partial charge in [0.15, 0.2) is 0 Å². The lowest BCUT2D eigenvalue weighted by Gasteiger charge is -2.20. The summed E-state index contributed by atoms with van der Waals surface area (Å²) in [5, 5.41) is 49.0. The van der Waals surface area contributed by atoms with Crippen molar-refractivity contribution in [2.24, 2.45) is 0 Å². The second-order valence-corrected chi connectivity index (χ2v) is 16.7. The molecule has 6 aromatic rings. The highest BCUT2D eigenvalue weighted by molar-refractivity contribution is 7.86. The molecular weight excluding hydrogens is 937 g/mol. The van der Waals surface area contributed by atoms with Crippen LogP contribution in [0.25, 0.3) is 12.2 Å². The van der Waals surface area contributed by atoms with Gasteiger partial charge in [0.2, 0.25) is 35.7 Å². The Morgan fingerprint density at radius 2 is 0.735 bits per heavy atom. The molecule has 2 aromatic heterocycles. The number of hydrogen-bond acceptors (Lipinski definition) is 20. The minimum atomic E-state index is -5.04. The standard InChI is InChI=1S/C40H36N12O14S2/c53-31(54)19-51(20-32(55)56)39-47-35(41-25-7-3-1-4-8-25)45-37(49-39)43-27-15-13-23(29(17-27)67(61,62)63)11-12-24-14-16-28(18-30(24)68(64,65)66)44-38-46-36(42-26-9-5-2-6-10-26)48-40(50-38)52(21-33(57)58)22-34(59)60/h1-18H,19-22H2,(H,53,54)(H,55,56)(H,57,58)(H,59,60)(H,61,62,63)(H,64,65,66)(H2,41,43,45,47,49)(H2,42,44,46,48,50)/b12-11+. The van der Waals surface area contributed by atoms with Gasteiger partial charge < -0.3 is 51.5 Å². The van der Waals surface area contributed by atoms with E-state index in [9.17, 15) is 65.5 Å². The van der Waals surface area contributed by atoms with Gasteiger partial charge in [-0.3, -0.25) is 28.3 Å². The lowest BCUT2D eigenvalue weighted by atomic mass is 10.1. The van der Waals surface area contributed by atoms with Crippen LogP contribution in [-0.4, -0.2) is 126 Å². The zero-order chi connectivity index (χ0) is 49.2. The van der Waals surface area contributed by atoms with E-state index >= 15 is 0 Å². The molecule has 0 unspecified atom stereocenters. The van der Waals surface area contributed by atoms with Crippen LogP contribution in [0.3, 0.4) is 0 Å². The first-order chi connectivity index (χ1) is 32.2. The van der Waals surface area contributed by atoms with Crippen molar-refractivity contribution in [3.63, 3.8) is 0 Å². The van der Waals surface area contributed by atoms with Gasteiger partial charge in [0, 0.05) is 22.7 Å². The molecule has 0 radical (unpaired) electrons. The van der Waals surface area contributed by atoms with Crippen LogP contribution in [0.2, 0.25) is 0 Å². The maximum absolute atomic E-state index is 12.7. The summed E-state index contributed by atoms with van der Waals surface area (Å²) < 4.78 is 71.4. The van der Waals surface area contributed by atoms with E-state index in [1.807, 2.05) is 0 Å². The fourth-order valence-electron chi connectivity index (χ4n) is 5.97. The Balaban J connectivity index is 1.33. The summed E-state index contributed by atoms with van der Waals surface area (Å²) in [6.45, 7) is -3.31. The van der Waals surface area contributed by atoms with Crippen molar-refractivity contribution >= 4 is 115 Å². The summed E-state index contributed by atoms with van der Waals surface area (Å²) >= 11 is 0. The number of carboxylic acid groups (broad SMARTS) is 4. The molecule has 0 amide bonds. The number of carboxylic acids is 4. The SMILES string of the molecule is O=C(O)CN(CC(=O)O)c1nc(Nc2ccccc2)nc(Nc2ccc(/C=C/c3ccc(Nc4nc(Nc5ccccc5)nc(N(CC(=O)O)CC(=O)O)n4)cc3S(=O)(=O)O)c(S(=O)(=O)O)c2)n1.